The van der Waals surface area contributed by atoms with Gasteiger partial charge in [-0.3, -0.25) is 0 Å². The highest BCUT2D eigenvalue weighted by molar-refractivity contribution is 5.90. The van der Waals surface area contributed by atoms with Crippen LogP contribution in [0.4, 0.5) is 0 Å². The molecule has 3 nitrogen and oxygen atoms in total. The molecule has 0 aliphatic rings. The predicted molar refractivity (Wildman–Crippen MR) is 93.2 cm³/mol. The number of hydrogen-bond donors (Lipinski definition) is 0. The van der Waals surface area contributed by atoms with E-state index in [-0.39, 0.29) is 18.7 Å². The van der Waals surface area contributed by atoms with Crippen LogP contribution in [-0.4, -0.2) is 25.3 Å². The zero-order valence-corrected chi connectivity index (χ0v) is 13.6. The van der Waals surface area contributed by atoms with E-state index in [0.717, 1.165) is 11.1 Å². The highest BCUT2D eigenvalue weighted by atomic mass is 16.6. The Labute approximate surface area is 137 Å². The molecule has 0 saturated heterocycles. The van der Waals surface area contributed by atoms with Crippen LogP contribution in [0.15, 0.2) is 54.6 Å². The Hall–Kier alpha value is -2.39. The van der Waals surface area contributed by atoms with E-state index in [2.05, 4.69) is 0 Å². The molecule has 0 fully saturated rings. The van der Waals surface area contributed by atoms with E-state index >= 15 is 0 Å². The van der Waals surface area contributed by atoms with Gasteiger partial charge in [0, 0.05) is 0 Å². The van der Waals surface area contributed by atoms with Crippen LogP contribution < -0.4 is 0 Å². The summed E-state index contributed by atoms with van der Waals surface area (Å²) >= 11 is 0. The minimum Gasteiger partial charge on any atom is -0.460 e. The van der Waals surface area contributed by atoms with Crippen LogP contribution in [0.1, 0.15) is 35.3 Å². The molecule has 2 aromatic rings. The zero-order chi connectivity index (χ0) is 16.5. The van der Waals surface area contributed by atoms with Crippen molar-refractivity contribution in [3.8, 4) is 0 Å². The Morgan fingerprint density at radius 3 is 2.39 bits per heavy atom. The molecule has 0 spiro atoms. The summed E-state index contributed by atoms with van der Waals surface area (Å²) in [6, 6.07) is 17.4. The Morgan fingerprint density at radius 2 is 1.65 bits per heavy atom. The maximum Gasteiger partial charge on any atom is 0.338 e. The fourth-order valence-corrected chi connectivity index (χ4v) is 2.03. The standard InChI is InChI=1S/C20H22O3/c1-16(2)22-13-14-23-20(21)19-10-6-9-18(15-19)12-11-17-7-4-3-5-8-17/h3-12,15-16H,13-14H2,1-2H3. The van der Waals surface area contributed by atoms with Crippen molar-refractivity contribution in [2.24, 2.45) is 0 Å². The summed E-state index contributed by atoms with van der Waals surface area (Å²) in [5.41, 5.74) is 2.62. The van der Waals surface area contributed by atoms with E-state index in [0.29, 0.717) is 12.2 Å². The molecule has 0 radical (unpaired) electrons. The molecule has 0 atom stereocenters. The Morgan fingerprint density at radius 1 is 0.957 bits per heavy atom. The van der Waals surface area contributed by atoms with Crippen LogP contribution in [0.3, 0.4) is 0 Å². The molecule has 0 heterocycles. The highest BCUT2D eigenvalue weighted by Crippen LogP contribution is 2.11. The third-order valence-electron chi connectivity index (χ3n) is 3.16. The maximum atomic E-state index is 12.0. The Kier molecular flexibility index (Phi) is 6.57. The second kappa shape index (κ2) is 8.91. The third-order valence-corrected chi connectivity index (χ3v) is 3.16. The SMILES string of the molecule is CC(C)OCCOC(=O)c1cccc(C=Cc2ccccc2)c1. The number of esters is 1. The smallest absolute Gasteiger partial charge is 0.338 e. The highest BCUT2D eigenvalue weighted by Gasteiger charge is 2.07. The molecule has 0 aromatic heterocycles. The van der Waals surface area contributed by atoms with E-state index in [9.17, 15) is 4.79 Å². The van der Waals surface area contributed by atoms with Gasteiger partial charge in [0.1, 0.15) is 6.61 Å². The van der Waals surface area contributed by atoms with Crippen molar-refractivity contribution in [1.82, 2.24) is 0 Å². The molecule has 2 rings (SSSR count). The lowest BCUT2D eigenvalue weighted by atomic mass is 10.1. The molecule has 23 heavy (non-hydrogen) atoms. The monoisotopic (exact) mass is 310 g/mol. The number of ether oxygens (including phenoxy) is 2. The molecular weight excluding hydrogens is 288 g/mol. The predicted octanol–water partition coefficient (Wildman–Crippen LogP) is 4.44. The molecule has 0 saturated carbocycles. The lowest BCUT2D eigenvalue weighted by Gasteiger charge is -2.08. The lowest BCUT2D eigenvalue weighted by Crippen LogP contribution is -2.13. The van der Waals surface area contributed by atoms with Crippen molar-refractivity contribution in [2.75, 3.05) is 13.2 Å². The second-order valence-corrected chi connectivity index (χ2v) is 5.42. The van der Waals surface area contributed by atoms with Gasteiger partial charge in [-0.15, -0.1) is 0 Å². The van der Waals surface area contributed by atoms with Gasteiger partial charge in [0.25, 0.3) is 0 Å². The normalized spacial score (nSPS) is 11.1. The van der Waals surface area contributed by atoms with E-state index in [4.69, 9.17) is 9.47 Å². The van der Waals surface area contributed by atoms with E-state index < -0.39 is 0 Å². The van der Waals surface area contributed by atoms with Gasteiger partial charge >= 0.3 is 5.97 Å². The topological polar surface area (TPSA) is 35.5 Å². The number of hydrogen-bond acceptors (Lipinski definition) is 3. The second-order valence-electron chi connectivity index (χ2n) is 5.42. The van der Waals surface area contributed by atoms with Crippen LogP contribution in [-0.2, 0) is 9.47 Å². The fraction of sp³-hybridized carbons (Fsp3) is 0.250. The number of carbonyl (C=O) groups is 1. The first-order chi connectivity index (χ1) is 11.1. The first-order valence-corrected chi connectivity index (χ1v) is 7.77. The average molecular weight is 310 g/mol. The molecule has 0 aliphatic heterocycles. The van der Waals surface area contributed by atoms with Gasteiger partial charge in [-0.05, 0) is 37.1 Å². The summed E-state index contributed by atoms with van der Waals surface area (Å²) in [6.07, 6.45) is 4.13. The summed E-state index contributed by atoms with van der Waals surface area (Å²) in [6.45, 7) is 4.58. The Balaban J connectivity index is 1.94. The molecule has 120 valence electrons. The van der Waals surface area contributed by atoms with Crippen molar-refractivity contribution in [3.05, 3.63) is 71.3 Å². The van der Waals surface area contributed by atoms with Gasteiger partial charge in [-0.1, -0.05) is 54.6 Å². The molecule has 0 unspecified atom stereocenters. The molecule has 0 aliphatic carbocycles. The average Bonchev–Trinajstić information content (AvgIpc) is 2.58. The number of benzene rings is 2. The summed E-state index contributed by atoms with van der Waals surface area (Å²) in [4.78, 5) is 12.0. The molecule has 2 aromatic carbocycles. The quantitative estimate of drug-likeness (QED) is 0.431. The third kappa shape index (κ3) is 6.09. The van der Waals surface area contributed by atoms with Crippen LogP contribution in [0.2, 0.25) is 0 Å². The lowest BCUT2D eigenvalue weighted by molar-refractivity contribution is 0.0177. The van der Waals surface area contributed by atoms with Gasteiger partial charge in [0.2, 0.25) is 0 Å². The van der Waals surface area contributed by atoms with E-state index in [1.165, 1.54) is 0 Å². The Bertz CT molecular complexity index is 645. The summed E-state index contributed by atoms with van der Waals surface area (Å²) in [5.74, 6) is -0.327. The van der Waals surface area contributed by atoms with Crippen molar-refractivity contribution >= 4 is 18.1 Å². The van der Waals surface area contributed by atoms with Gasteiger partial charge in [0.15, 0.2) is 0 Å². The minimum atomic E-state index is -0.327. The summed E-state index contributed by atoms with van der Waals surface area (Å²) in [7, 11) is 0. The van der Waals surface area contributed by atoms with Crippen molar-refractivity contribution < 1.29 is 14.3 Å². The molecule has 0 bridgehead atoms. The molecular formula is C20H22O3. The van der Waals surface area contributed by atoms with E-state index in [1.54, 1.807) is 6.07 Å². The number of rotatable bonds is 7. The molecule has 0 N–H and O–H groups in total. The van der Waals surface area contributed by atoms with Crippen LogP contribution in [0.25, 0.3) is 12.2 Å². The van der Waals surface area contributed by atoms with Gasteiger partial charge in [-0.25, -0.2) is 4.79 Å². The van der Waals surface area contributed by atoms with Crippen LogP contribution in [0, 0.1) is 0 Å². The first kappa shape index (κ1) is 17.0. The number of carbonyl (C=O) groups excluding carboxylic acids is 1. The minimum absolute atomic E-state index is 0.139. The molecule has 0 amide bonds. The largest absolute Gasteiger partial charge is 0.460 e. The van der Waals surface area contributed by atoms with Crippen LogP contribution >= 0.6 is 0 Å². The van der Waals surface area contributed by atoms with Gasteiger partial charge in [-0.2, -0.15) is 0 Å². The zero-order valence-electron chi connectivity index (χ0n) is 13.6. The summed E-state index contributed by atoms with van der Waals surface area (Å²) in [5, 5.41) is 0. The van der Waals surface area contributed by atoms with E-state index in [1.807, 2.05) is 74.5 Å². The molecule has 3 heteroatoms. The van der Waals surface area contributed by atoms with Gasteiger partial charge < -0.3 is 9.47 Å². The van der Waals surface area contributed by atoms with Crippen molar-refractivity contribution in [2.45, 2.75) is 20.0 Å². The van der Waals surface area contributed by atoms with Crippen molar-refractivity contribution in [3.63, 3.8) is 0 Å². The van der Waals surface area contributed by atoms with Crippen LogP contribution in [0.5, 0.6) is 0 Å². The van der Waals surface area contributed by atoms with Gasteiger partial charge in [0.05, 0.1) is 18.3 Å². The van der Waals surface area contributed by atoms with Crippen molar-refractivity contribution in [1.29, 1.82) is 0 Å². The fourth-order valence-electron chi connectivity index (χ4n) is 2.03. The first-order valence-electron chi connectivity index (χ1n) is 7.77. The maximum absolute atomic E-state index is 12.0. The summed E-state index contributed by atoms with van der Waals surface area (Å²) < 4.78 is 10.6.